The van der Waals surface area contributed by atoms with E-state index in [-0.39, 0.29) is 11.9 Å². The highest BCUT2D eigenvalue weighted by molar-refractivity contribution is 6.30. The zero-order chi connectivity index (χ0) is 26.4. The maximum atomic E-state index is 12.6. The van der Waals surface area contributed by atoms with Gasteiger partial charge in [0, 0.05) is 24.5 Å². The highest BCUT2D eigenvalue weighted by Crippen LogP contribution is 2.37. The average Bonchev–Trinajstić information content (AvgIpc) is 3.24. The Balaban J connectivity index is 1.43. The lowest BCUT2D eigenvalue weighted by Gasteiger charge is -2.29. The first kappa shape index (κ1) is 27.3. The summed E-state index contributed by atoms with van der Waals surface area (Å²) in [6.07, 6.45) is 8.26. The Labute approximate surface area is 226 Å². The van der Waals surface area contributed by atoms with Crippen molar-refractivity contribution in [2.75, 3.05) is 6.54 Å². The minimum Gasteiger partial charge on any atom is -0.444 e. The Kier molecular flexibility index (Phi) is 8.96. The predicted octanol–water partition coefficient (Wildman–Crippen LogP) is 7.18. The molecule has 1 unspecified atom stereocenters. The molecule has 2 fully saturated rings. The number of rotatable bonds is 7. The van der Waals surface area contributed by atoms with Crippen LogP contribution in [-0.4, -0.2) is 35.1 Å². The van der Waals surface area contributed by atoms with Gasteiger partial charge in [-0.15, -0.1) is 0 Å². The van der Waals surface area contributed by atoms with E-state index in [0.717, 1.165) is 50.8 Å². The Morgan fingerprint density at radius 3 is 2.46 bits per heavy atom. The molecule has 0 bridgehead atoms. The molecule has 2 aromatic carbocycles. The molecule has 1 aliphatic heterocycles. The number of nitrogens with zero attached hydrogens (tertiary/aromatic N) is 1. The lowest BCUT2D eigenvalue weighted by atomic mass is 9.79. The van der Waals surface area contributed by atoms with Crippen molar-refractivity contribution in [3.05, 3.63) is 81.9 Å². The van der Waals surface area contributed by atoms with Crippen LogP contribution in [0, 0.1) is 0 Å². The summed E-state index contributed by atoms with van der Waals surface area (Å²) in [5.74, 6) is 0.757. The van der Waals surface area contributed by atoms with Gasteiger partial charge in [0.1, 0.15) is 5.60 Å². The lowest BCUT2D eigenvalue weighted by Crippen LogP contribution is -2.39. The maximum Gasteiger partial charge on any atom is 0.408 e. The zero-order valence-corrected chi connectivity index (χ0v) is 23.0. The summed E-state index contributed by atoms with van der Waals surface area (Å²) in [5, 5.41) is 3.77. The Hall–Kier alpha value is -2.79. The van der Waals surface area contributed by atoms with Gasteiger partial charge >= 0.3 is 6.09 Å². The lowest BCUT2D eigenvalue weighted by molar-refractivity contribution is -0.128. The van der Waals surface area contributed by atoms with E-state index in [9.17, 15) is 9.59 Å². The van der Waals surface area contributed by atoms with Crippen LogP contribution in [0.3, 0.4) is 0 Å². The second-order valence-corrected chi connectivity index (χ2v) is 11.7. The second kappa shape index (κ2) is 12.2. The molecule has 6 heteroatoms. The molecule has 1 saturated carbocycles. The van der Waals surface area contributed by atoms with Gasteiger partial charge < -0.3 is 15.0 Å². The standard InChI is InChI=1S/C31H39ClN2O3/c1-31(2,3)37-30(36)33-27(20-23-12-16-26(32)17-13-23)19-22-10-14-24(15-11-22)28-8-5-4-7-25(28)21-34-18-6-9-29(34)35/h4-5,7-8,12-13,16-17,19,24,27H,6,9-11,14-15,18,20-21H2,1-3H3,(H,33,36). The van der Waals surface area contributed by atoms with Crippen molar-refractivity contribution in [1.82, 2.24) is 10.2 Å². The van der Waals surface area contributed by atoms with E-state index in [0.29, 0.717) is 23.8 Å². The van der Waals surface area contributed by atoms with Crippen LogP contribution in [0.25, 0.3) is 0 Å². The van der Waals surface area contributed by atoms with E-state index in [2.05, 4.69) is 35.7 Å². The van der Waals surface area contributed by atoms with Gasteiger partial charge in [-0.1, -0.05) is 59.6 Å². The molecule has 37 heavy (non-hydrogen) atoms. The van der Waals surface area contributed by atoms with E-state index < -0.39 is 11.7 Å². The van der Waals surface area contributed by atoms with E-state index in [1.54, 1.807) is 0 Å². The largest absolute Gasteiger partial charge is 0.444 e. The van der Waals surface area contributed by atoms with Gasteiger partial charge in [0.05, 0.1) is 6.04 Å². The van der Waals surface area contributed by atoms with Crippen LogP contribution in [-0.2, 0) is 22.5 Å². The van der Waals surface area contributed by atoms with Crippen LogP contribution in [0.15, 0.2) is 60.2 Å². The number of amides is 2. The molecule has 0 aromatic heterocycles. The fourth-order valence-corrected chi connectivity index (χ4v) is 5.52. The molecule has 1 atom stereocenters. The number of carbonyl (C=O) groups excluding carboxylic acids is 2. The number of carbonyl (C=O) groups is 2. The van der Waals surface area contributed by atoms with Gasteiger partial charge in [-0.3, -0.25) is 4.79 Å². The van der Waals surface area contributed by atoms with Crippen molar-refractivity contribution < 1.29 is 14.3 Å². The fourth-order valence-electron chi connectivity index (χ4n) is 5.39. The molecule has 2 aromatic rings. The van der Waals surface area contributed by atoms with E-state index in [1.807, 2.05) is 49.9 Å². The van der Waals surface area contributed by atoms with Crippen LogP contribution in [0.5, 0.6) is 0 Å². The van der Waals surface area contributed by atoms with E-state index >= 15 is 0 Å². The molecular weight excluding hydrogens is 484 g/mol. The number of halogens is 1. The smallest absolute Gasteiger partial charge is 0.408 e. The van der Waals surface area contributed by atoms with Crippen molar-refractivity contribution in [1.29, 1.82) is 0 Å². The third kappa shape index (κ3) is 8.10. The maximum absolute atomic E-state index is 12.6. The van der Waals surface area contributed by atoms with Crippen LogP contribution >= 0.6 is 11.6 Å². The summed E-state index contributed by atoms with van der Waals surface area (Å²) in [4.78, 5) is 26.8. The van der Waals surface area contributed by atoms with Crippen LogP contribution < -0.4 is 5.32 Å². The van der Waals surface area contributed by atoms with Crippen LogP contribution in [0.1, 0.15) is 81.9 Å². The molecule has 0 spiro atoms. The SMILES string of the molecule is CC(C)(C)OC(=O)NC(C=C1CCC(c2ccccc2CN2CCCC2=O)CC1)Cc1ccc(Cl)cc1. The van der Waals surface area contributed by atoms with Gasteiger partial charge in [-0.05, 0) is 94.0 Å². The van der Waals surface area contributed by atoms with Gasteiger partial charge in [0.15, 0.2) is 0 Å². The summed E-state index contributed by atoms with van der Waals surface area (Å²) >= 11 is 6.07. The van der Waals surface area contributed by atoms with Gasteiger partial charge in [0.2, 0.25) is 5.91 Å². The molecule has 4 rings (SSSR count). The summed E-state index contributed by atoms with van der Waals surface area (Å²) < 4.78 is 5.54. The minimum absolute atomic E-state index is 0.156. The quantitative estimate of drug-likeness (QED) is 0.392. The normalized spacial score (nSPS) is 19.0. The zero-order valence-electron chi connectivity index (χ0n) is 22.3. The van der Waals surface area contributed by atoms with E-state index in [4.69, 9.17) is 16.3 Å². The van der Waals surface area contributed by atoms with Gasteiger partial charge in [-0.25, -0.2) is 4.79 Å². The topological polar surface area (TPSA) is 58.6 Å². The number of allylic oxidation sites excluding steroid dienone is 1. The fraction of sp³-hybridized carbons (Fsp3) is 0.484. The van der Waals surface area contributed by atoms with Crippen molar-refractivity contribution in [3.8, 4) is 0 Å². The molecule has 2 amide bonds. The first-order valence-electron chi connectivity index (χ1n) is 13.5. The number of likely N-dealkylation sites (tertiary alicyclic amines) is 1. The monoisotopic (exact) mass is 522 g/mol. The number of hydrogen-bond acceptors (Lipinski definition) is 3. The molecule has 1 saturated heterocycles. The number of nitrogens with one attached hydrogen (secondary N) is 1. The Morgan fingerprint density at radius 2 is 1.81 bits per heavy atom. The summed E-state index contributed by atoms with van der Waals surface area (Å²) in [6, 6.07) is 16.2. The highest BCUT2D eigenvalue weighted by Gasteiger charge is 2.25. The van der Waals surface area contributed by atoms with Crippen molar-refractivity contribution >= 4 is 23.6 Å². The van der Waals surface area contributed by atoms with Crippen LogP contribution in [0.2, 0.25) is 5.02 Å². The Morgan fingerprint density at radius 1 is 1.11 bits per heavy atom. The minimum atomic E-state index is -0.548. The Bertz CT molecular complexity index is 1110. The third-order valence-corrected chi connectivity index (χ3v) is 7.42. The summed E-state index contributed by atoms with van der Waals surface area (Å²) in [7, 11) is 0. The number of benzene rings is 2. The van der Waals surface area contributed by atoms with Crippen molar-refractivity contribution in [2.45, 2.75) is 89.8 Å². The van der Waals surface area contributed by atoms with Gasteiger partial charge in [-0.2, -0.15) is 0 Å². The number of ether oxygens (including phenoxy) is 1. The molecule has 5 nitrogen and oxygen atoms in total. The number of alkyl carbamates (subject to hydrolysis) is 1. The molecule has 0 radical (unpaired) electrons. The van der Waals surface area contributed by atoms with Crippen molar-refractivity contribution in [3.63, 3.8) is 0 Å². The molecule has 1 N–H and O–H groups in total. The molecule has 2 aliphatic rings. The van der Waals surface area contributed by atoms with Crippen LogP contribution in [0.4, 0.5) is 4.79 Å². The first-order valence-corrected chi connectivity index (χ1v) is 13.8. The molecule has 1 aliphatic carbocycles. The first-order chi connectivity index (χ1) is 17.7. The van der Waals surface area contributed by atoms with Crippen molar-refractivity contribution in [2.24, 2.45) is 0 Å². The third-order valence-electron chi connectivity index (χ3n) is 7.16. The van der Waals surface area contributed by atoms with E-state index in [1.165, 1.54) is 16.7 Å². The average molecular weight is 523 g/mol. The molecular formula is C31H39ClN2O3. The highest BCUT2D eigenvalue weighted by atomic mass is 35.5. The molecule has 198 valence electrons. The van der Waals surface area contributed by atoms with Gasteiger partial charge in [0.25, 0.3) is 0 Å². The predicted molar refractivity (Wildman–Crippen MR) is 149 cm³/mol. The summed E-state index contributed by atoms with van der Waals surface area (Å²) in [5.41, 5.74) is 4.60. The molecule has 1 heterocycles. The number of hydrogen-bond donors (Lipinski definition) is 1. The second-order valence-electron chi connectivity index (χ2n) is 11.3. The summed E-state index contributed by atoms with van der Waals surface area (Å²) in [6.45, 7) is 7.20.